The molecule has 0 unspecified atom stereocenters. The Labute approximate surface area is 123 Å². The molecule has 2 aliphatic carbocycles. The van der Waals surface area contributed by atoms with Gasteiger partial charge in [-0.05, 0) is 75.0 Å². The van der Waals surface area contributed by atoms with Crippen LogP contribution in [0.3, 0.4) is 0 Å². The maximum Gasteiger partial charge on any atom is 0.264 e. The second-order valence-electron chi connectivity index (χ2n) is 6.68. The third kappa shape index (κ3) is 4.88. The zero-order chi connectivity index (χ0) is 14.6. The fourth-order valence-corrected chi connectivity index (χ4v) is 4.34. The molecule has 116 valence electrons. The van der Waals surface area contributed by atoms with Crippen LogP contribution in [0.25, 0.3) is 0 Å². The first kappa shape index (κ1) is 16.0. The highest BCUT2D eigenvalue weighted by Gasteiger charge is 2.30. The minimum absolute atomic E-state index is 0.384. The summed E-state index contributed by atoms with van der Waals surface area (Å²) in [5.41, 5.74) is 0. The van der Waals surface area contributed by atoms with Crippen LogP contribution in [-0.4, -0.2) is 21.3 Å². The molecular weight excluding hydrogens is 272 g/mol. The molecule has 0 aromatic rings. The number of hydrogen-bond acceptors (Lipinski definition) is 3. The topological polar surface area (TPSA) is 43.4 Å². The molecule has 0 bridgehead atoms. The third-order valence-electron chi connectivity index (χ3n) is 5.23. The maximum absolute atomic E-state index is 11.0. The highest BCUT2D eigenvalue weighted by atomic mass is 32.2. The summed E-state index contributed by atoms with van der Waals surface area (Å²) in [5, 5.41) is 0. The lowest BCUT2D eigenvalue weighted by atomic mass is 9.69. The zero-order valence-corrected chi connectivity index (χ0v) is 13.4. The fraction of sp³-hybridized carbons (Fsp3) is 0.875. The molecule has 2 aliphatic rings. The standard InChI is InChI=1S/C16H28O3S/c1-3-13-4-8-15(9-5-13)16-10-6-14(7-11-16)12-19-20(2,17)18/h3,13-16H,1,4-12H2,2H3/t13-,14-,15-,16-. The molecular formula is C16H28O3S. The molecule has 20 heavy (non-hydrogen) atoms. The van der Waals surface area contributed by atoms with Crippen molar-refractivity contribution in [3.63, 3.8) is 0 Å². The van der Waals surface area contributed by atoms with Gasteiger partial charge in [-0.2, -0.15) is 8.42 Å². The van der Waals surface area contributed by atoms with Gasteiger partial charge in [0.2, 0.25) is 0 Å². The Morgan fingerprint density at radius 1 is 1.00 bits per heavy atom. The van der Waals surface area contributed by atoms with Crippen molar-refractivity contribution in [3.05, 3.63) is 12.7 Å². The Balaban J connectivity index is 1.70. The monoisotopic (exact) mass is 300 g/mol. The Morgan fingerprint density at radius 2 is 1.50 bits per heavy atom. The Bertz CT molecular complexity index is 399. The normalized spacial score (nSPS) is 35.6. The predicted molar refractivity (Wildman–Crippen MR) is 81.9 cm³/mol. The Morgan fingerprint density at radius 3 is 1.95 bits per heavy atom. The molecule has 0 spiro atoms. The lowest BCUT2D eigenvalue weighted by molar-refractivity contribution is 0.131. The minimum atomic E-state index is -3.28. The van der Waals surface area contributed by atoms with Gasteiger partial charge >= 0.3 is 0 Å². The van der Waals surface area contributed by atoms with Gasteiger partial charge in [-0.3, -0.25) is 4.18 Å². The van der Waals surface area contributed by atoms with Crippen molar-refractivity contribution in [1.29, 1.82) is 0 Å². The zero-order valence-electron chi connectivity index (χ0n) is 12.6. The van der Waals surface area contributed by atoms with Crippen molar-refractivity contribution in [2.24, 2.45) is 23.7 Å². The van der Waals surface area contributed by atoms with E-state index in [0.29, 0.717) is 12.5 Å². The summed E-state index contributed by atoms with van der Waals surface area (Å²) in [5.74, 6) is 2.93. The van der Waals surface area contributed by atoms with Gasteiger partial charge < -0.3 is 0 Å². The van der Waals surface area contributed by atoms with Crippen molar-refractivity contribution < 1.29 is 12.6 Å². The van der Waals surface area contributed by atoms with Gasteiger partial charge in [0.1, 0.15) is 0 Å². The van der Waals surface area contributed by atoms with Crippen LogP contribution in [0.1, 0.15) is 51.4 Å². The van der Waals surface area contributed by atoms with Crippen LogP contribution in [0, 0.1) is 23.7 Å². The first-order chi connectivity index (χ1) is 9.48. The van der Waals surface area contributed by atoms with Gasteiger partial charge in [0, 0.05) is 0 Å². The van der Waals surface area contributed by atoms with Crippen molar-refractivity contribution >= 4 is 10.1 Å². The van der Waals surface area contributed by atoms with Crippen LogP contribution in [0.2, 0.25) is 0 Å². The summed E-state index contributed by atoms with van der Waals surface area (Å²) in [7, 11) is -3.28. The Kier molecular flexibility index (Phi) is 5.67. The Hall–Kier alpha value is -0.350. The summed E-state index contributed by atoms with van der Waals surface area (Å²) in [6.07, 6.45) is 13.3. The van der Waals surface area contributed by atoms with E-state index in [1.165, 1.54) is 38.5 Å². The fourth-order valence-electron chi connectivity index (χ4n) is 3.90. The summed E-state index contributed by atoms with van der Waals surface area (Å²) in [4.78, 5) is 0. The molecule has 2 saturated carbocycles. The van der Waals surface area contributed by atoms with E-state index in [1.807, 2.05) is 0 Å². The SMILES string of the molecule is C=C[C@H]1CC[C@H]([C@H]2CC[C@H](COS(C)(=O)=O)CC2)CC1. The van der Waals surface area contributed by atoms with Crippen LogP contribution in [0.5, 0.6) is 0 Å². The van der Waals surface area contributed by atoms with Gasteiger partial charge in [0.15, 0.2) is 0 Å². The second kappa shape index (κ2) is 7.08. The molecule has 0 atom stereocenters. The smallest absolute Gasteiger partial charge is 0.264 e. The second-order valence-corrected chi connectivity index (χ2v) is 8.32. The molecule has 0 heterocycles. The van der Waals surface area contributed by atoms with E-state index in [9.17, 15) is 8.42 Å². The first-order valence-corrected chi connectivity index (χ1v) is 9.76. The van der Waals surface area contributed by atoms with E-state index in [1.54, 1.807) is 0 Å². The van der Waals surface area contributed by atoms with Crippen LogP contribution in [-0.2, 0) is 14.3 Å². The molecule has 0 aliphatic heterocycles. The van der Waals surface area contributed by atoms with Crippen molar-refractivity contribution in [2.45, 2.75) is 51.4 Å². The van der Waals surface area contributed by atoms with Gasteiger partial charge in [0.25, 0.3) is 10.1 Å². The lowest BCUT2D eigenvalue weighted by Crippen LogP contribution is -2.27. The van der Waals surface area contributed by atoms with Crippen LogP contribution in [0.4, 0.5) is 0 Å². The average Bonchev–Trinajstić information content (AvgIpc) is 2.45. The summed E-state index contributed by atoms with van der Waals surface area (Å²) >= 11 is 0. The predicted octanol–water partition coefficient (Wildman–Crippen LogP) is 3.76. The van der Waals surface area contributed by atoms with E-state index < -0.39 is 10.1 Å². The van der Waals surface area contributed by atoms with E-state index in [2.05, 4.69) is 12.7 Å². The summed E-state index contributed by atoms with van der Waals surface area (Å²) in [6, 6.07) is 0. The number of allylic oxidation sites excluding steroid dienone is 1. The highest BCUT2D eigenvalue weighted by molar-refractivity contribution is 7.85. The molecule has 0 aromatic carbocycles. The van der Waals surface area contributed by atoms with Crippen molar-refractivity contribution in [2.75, 3.05) is 12.9 Å². The number of rotatable bonds is 5. The van der Waals surface area contributed by atoms with Crippen LogP contribution >= 0.6 is 0 Å². The largest absolute Gasteiger partial charge is 0.270 e. The quantitative estimate of drug-likeness (QED) is 0.573. The maximum atomic E-state index is 11.0. The molecule has 0 saturated heterocycles. The molecule has 2 rings (SSSR count). The summed E-state index contributed by atoms with van der Waals surface area (Å²) < 4.78 is 27.0. The molecule has 2 fully saturated rings. The van der Waals surface area contributed by atoms with Gasteiger partial charge in [-0.15, -0.1) is 6.58 Å². The van der Waals surface area contributed by atoms with Crippen molar-refractivity contribution in [3.8, 4) is 0 Å². The van der Waals surface area contributed by atoms with Crippen molar-refractivity contribution in [1.82, 2.24) is 0 Å². The first-order valence-electron chi connectivity index (χ1n) is 7.95. The highest BCUT2D eigenvalue weighted by Crippen LogP contribution is 2.41. The minimum Gasteiger partial charge on any atom is -0.270 e. The van der Waals surface area contributed by atoms with Crippen LogP contribution in [0.15, 0.2) is 12.7 Å². The van der Waals surface area contributed by atoms with Crippen LogP contribution < -0.4 is 0 Å². The molecule has 0 radical (unpaired) electrons. The van der Waals surface area contributed by atoms with E-state index in [-0.39, 0.29) is 0 Å². The third-order valence-corrected chi connectivity index (χ3v) is 5.79. The average molecular weight is 300 g/mol. The van der Waals surface area contributed by atoms with Gasteiger partial charge in [0.05, 0.1) is 12.9 Å². The molecule has 0 amide bonds. The molecule has 0 N–H and O–H groups in total. The van der Waals surface area contributed by atoms with E-state index >= 15 is 0 Å². The summed E-state index contributed by atoms with van der Waals surface area (Å²) in [6.45, 7) is 4.29. The molecule has 3 nitrogen and oxygen atoms in total. The van der Waals surface area contributed by atoms with Gasteiger partial charge in [-0.25, -0.2) is 0 Å². The van der Waals surface area contributed by atoms with E-state index in [4.69, 9.17) is 4.18 Å². The molecule has 4 heteroatoms. The lowest BCUT2D eigenvalue weighted by Gasteiger charge is -2.37. The number of hydrogen-bond donors (Lipinski definition) is 0. The van der Waals surface area contributed by atoms with Gasteiger partial charge in [-0.1, -0.05) is 6.08 Å². The van der Waals surface area contributed by atoms with E-state index in [0.717, 1.165) is 36.9 Å². The molecule has 0 aromatic heterocycles.